The number of carbonyl (C=O) groups excluding carboxylic acids is 1. The zero-order chi connectivity index (χ0) is 12.2. The van der Waals surface area contributed by atoms with Crippen LogP contribution >= 0.6 is 11.3 Å². The first-order valence-electron chi connectivity index (χ1n) is 5.35. The molecule has 1 amide bonds. The largest absolute Gasteiger partial charge is 0.397 e. The van der Waals surface area contributed by atoms with Gasteiger partial charge >= 0.3 is 0 Å². The Balaban J connectivity index is 2.81. The van der Waals surface area contributed by atoms with E-state index < -0.39 is 5.54 Å². The molecule has 0 spiro atoms. The van der Waals surface area contributed by atoms with Crippen LogP contribution in [-0.2, 0) is 0 Å². The van der Waals surface area contributed by atoms with Crippen molar-refractivity contribution in [2.45, 2.75) is 32.2 Å². The summed E-state index contributed by atoms with van der Waals surface area (Å²) in [5, 5.41) is 14.0. The van der Waals surface area contributed by atoms with Crippen molar-refractivity contribution in [2.75, 3.05) is 12.3 Å². The van der Waals surface area contributed by atoms with E-state index in [1.807, 2.05) is 13.8 Å². The van der Waals surface area contributed by atoms with Crippen LogP contribution in [0.3, 0.4) is 0 Å². The predicted octanol–water partition coefficient (Wildman–Crippen LogP) is 1.61. The van der Waals surface area contributed by atoms with Crippen molar-refractivity contribution in [3.05, 3.63) is 16.3 Å². The van der Waals surface area contributed by atoms with Crippen LogP contribution < -0.4 is 11.1 Å². The van der Waals surface area contributed by atoms with Crippen LogP contribution in [0.2, 0.25) is 0 Å². The molecule has 1 rings (SSSR count). The summed E-state index contributed by atoms with van der Waals surface area (Å²) in [5.74, 6) is -0.203. The minimum absolute atomic E-state index is 0.0585. The summed E-state index contributed by atoms with van der Waals surface area (Å²) in [6, 6.07) is 1.71. The van der Waals surface area contributed by atoms with Crippen LogP contribution in [-0.4, -0.2) is 23.2 Å². The van der Waals surface area contributed by atoms with Gasteiger partial charge < -0.3 is 16.2 Å². The third-order valence-electron chi connectivity index (χ3n) is 2.94. The zero-order valence-electron chi connectivity index (χ0n) is 9.62. The molecule has 0 aromatic carbocycles. The molecule has 5 heteroatoms. The van der Waals surface area contributed by atoms with Gasteiger partial charge in [0.25, 0.3) is 5.91 Å². The Morgan fingerprint density at radius 3 is 2.56 bits per heavy atom. The Morgan fingerprint density at radius 2 is 2.19 bits per heavy atom. The van der Waals surface area contributed by atoms with Crippen molar-refractivity contribution in [3.63, 3.8) is 0 Å². The van der Waals surface area contributed by atoms with Gasteiger partial charge in [-0.25, -0.2) is 0 Å². The molecule has 0 saturated carbocycles. The van der Waals surface area contributed by atoms with Gasteiger partial charge in [-0.1, -0.05) is 13.8 Å². The van der Waals surface area contributed by atoms with Gasteiger partial charge in [-0.3, -0.25) is 4.79 Å². The topological polar surface area (TPSA) is 75.3 Å². The van der Waals surface area contributed by atoms with Crippen LogP contribution in [0.4, 0.5) is 5.69 Å². The lowest BCUT2D eigenvalue weighted by Crippen LogP contribution is -2.50. The van der Waals surface area contributed by atoms with E-state index in [0.29, 0.717) is 23.4 Å². The van der Waals surface area contributed by atoms with Gasteiger partial charge in [-0.15, -0.1) is 11.3 Å². The molecule has 0 aliphatic heterocycles. The van der Waals surface area contributed by atoms with Crippen LogP contribution in [0.1, 0.15) is 36.4 Å². The third kappa shape index (κ3) is 2.54. The van der Waals surface area contributed by atoms with E-state index in [-0.39, 0.29) is 12.5 Å². The standard InChI is InChI=1S/C11H18N2O2S/c1-3-11(4-2,7-14)13-10(15)9-8(12)5-6-16-9/h5-6,14H,3-4,7,12H2,1-2H3,(H,13,15). The fraction of sp³-hybridized carbons (Fsp3) is 0.545. The zero-order valence-corrected chi connectivity index (χ0v) is 10.4. The van der Waals surface area contributed by atoms with Crippen molar-refractivity contribution in [3.8, 4) is 0 Å². The molecule has 0 saturated heterocycles. The number of aliphatic hydroxyl groups is 1. The summed E-state index contributed by atoms with van der Waals surface area (Å²) < 4.78 is 0. The number of rotatable bonds is 5. The molecule has 1 heterocycles. The van der Waals surface area contributed by atoms with Gasteiger partial charge in [0.15, 0.2) is 0 Å². The number of amides is 1. The highest BCUT2D eigenvalue weighted by atomic mass is 32.1. The molecule has 0 aliphatic rings. The molecule has 0 bridgehead atoms. The highest BCUT2D eigenvalue weighted by Gasteiger charge is 2.28. The minimum Gasteiger partial charge on any atom is -0.397 e. The molecule has 16 heavy (non-hydrogen) atoms. The summed E-state index contributed by atoms with van der Waals surface area (Å²) >= 11 is 1.31. The number of nitrogens with two attached hydrogens (primary N) is 1. The van der Waals surface area contributed by atoms with Gasteiger partial charge in [0.1, 0.15) is 4.88 Å². The van der Waals surface area contributed by atoms with Crippen molar-refractivity contribution in [1.82, 2.24) is 5.32 Å². The molecular formula is C11H18N2O2S. The summed E-state index contributed by atoms with van der Waals surface area (Å²) in [6.07, 6.45) is 1.38. The predicted molar refractivity (Wildman–Crippen MR) is 66.6 cm³/mol. The van der Waals surface area contributed by atoms with Crippen molar-refractivity contribution in [2.24, 2.45) is 0 Å². The maximum atomic E-state index is 11.9. The van der Waals surface area contributed by atoms with Crippen molar-refractivity contribution >= 4 is 22.9 Å². The number of thiophene rings is 1. The summed E-state index contributed by atoms with van der Waals surface area (Å²) in [5.41, 5.74) is 5.63. The second kappa shape index (κ2) is 5.32. The van der Waals surface area contributed by atoms with E-state index in [4.69, 9.17) is 5.73 Å². The number of nitrogen functional groups attached to an aromatic ring is 1. The maximum Gasteiger partial charge on any atom is 0.263 e. The van der Waals surface area contributed by atoms with E-state index in [9.17, 15) is 9.90 Å². The van der Waals surface area contributed by atoms with Gasteiger partial charge in [-0.05, 0) is 24.3 Å². The van der Waals surface area contributed by atoms with E-state index in [0.717, 1.165) is 0 Å². The Bertz CT molecular complexity index is 350. The first-order chi connectivity index (χ1) is 7.58. The second-order valence-corrected chi connectivity index (χ2v) is 4.72. The lowest BCUT2D eigenvalue weighted by molar-refractivity contribution is 0.0823. The van der Waals surface area contributed by atoms with Crippen molar-refractivity contribution in [1.29, 1.82) is 0 Å². The average molecular weight is 242 g/mol. The second-order valence-electron chi connectivity index (χ2n) is 3.80. The monoisotopic (exact) mass is 242 g/mol. The van der Waals surface area contributed by atoms with E-state index in [1.165, 1.54) is 11.3 Å². The highest BCUT2D eigenvalue weighted by Crippen LogP contribution is 2.21. The Labute approximate surface area is 99.5 Å². The van der Waals surface area contributed by atoms with Crippen LogP contribution in [0.25, 0.3) is 0 Å². The van der Waals surface area contributed by atoms with Gasteiger partial charge in [-0.2, -0.15) is 0 Å². The van der Waals surface area contributed by atoms with Gasteiger partial charge in [0.05, 0.1) is 17.8 Å². The van der Waals surface area contributed by atoms with Gasteiger partial charge in [0.2, 0.25) is 0 Å². The quantitative estimate of drug-likeness (QED) is 0.734. The lowest BCUT2D eigenvalue weighted by Gasteiger charge is -2.30. The first-order valence-corrected chi connectivity index (χ1v) is 6.23. The van der Waals surface area contributed by atoms with Gasteiger partial charge in [0, 0.05) is 0 Å². The number of nitrogens with one attached hydrogen (secondary N) is 1. The summed E-state index contributed by atoms with van der Waals surface area (Å²) in [4.78, 5) is 12.4. The van der Waals surface area contributed by atoms with Crippen LogP contribution in [0.15, 0.2) is 11.4 Å². The molecule has 0 unspecified atom stereocenters. The lowest BCUT2D eigenvalue weighted by atomic mass is 9.94. The summed E-state index contributed by atoms with van der Waals surface area (Å²) in [7, 11) is 0. The number of anilines is 1. The normalized spacial score (nSPS) is 11.4. The summed E-state index contributed by atoms with van der Waals surface area (Å²) in [6.45, 7) is 3.83. The molecule has 0 fully saturated rings. The van der Waals surface area contributed by atoms with Crippen molar-refractivity contribution < 1.29 is 9.90 Å². The average Bonchev–Trinajstić information content (AvgIpc) is 2.72. The highest BCUT2D eigenvalue weighted by molar-refractivity contribution is 7.12. The molecule has 1 aromatic heterocycles. The Morgan fingerprint density at radius 1 is 1.56 bits per heavy atom. The molecule has 0 atom stereocenters. The molecule has 1 aromatic rings. The van der Waals surface area contributed by atoms with E-state index in [1.54, 1.807) is 11.4 Å². The number of hydrogen-bond acceptors (Lipinski definition) is 4. The molecule has 0 radical (unpaired) electrons. The molecule has 90 valence electrons. The third-order valence-corrected chi connectivity index (χ3v) is 3.87. The smallest absolute Gasteiger partial charge is 0.263 e. The number of carbonyl (C=O) groups is 1. The molecule has 0 aliphatic carbocycles. The Hall–Kier alpha value is -1.07. The van der Waals surface area contributed by atoms with Crippen LogP contribution in [0.5, 0.6) is 0 Å². The minimum atomic E-state index is -0.534. The maximum absolute atomic E-state index is 11.9. The SMILES string of the molecule is CCC(CC)(CO)NC(=O)c1sccc1N. The van der Waals surface area contributed by atoms with E-state index >= 15 is 0 Å². The Kier molecular flexibility index (Phi) is 4.32. The number of aliphatic hydroxyl groups excluding tert-OH is 1. The molecular weight excluding hydrogens is 224 g/mol. The first kappa shape index (κ1) is 13.0. The molecule has 4 nitrogen and oxygen atoms in total. The van der Waals surface area contributed by atoms with Crippen LogP contribution in [0, 0.1) is 0 Å². The fourth-order valence-electron chi connectivity index (χ4n) is 1.49. The number of hydrogen-bond donors (Lipinski definition) is 3. The fourth-order valence-corrected chi connectivity index (χ4v) is 2.20. The molecule has 4 N–H and O–H groups in total. The van der Waals surface area contributed by atoms with E-state index in [2.05, 4.69) is 5.32 Å².